The lowest BCUT2D eigenvalue weighted by atomic mass is 10.2. The molecule has 0 aliphatic carbocycles. The SMILES string of the molecule is N#Cc1cc(N=O)cc([N+](=O)[O-])c1. The molecule has 64 valence electrons. The predicted octanol–water partition coefficient (Wildman–Crippen LogP) is 1.86. The summed E-state index contributed by atoms with van der Waals surface area (Å²) in [5, 5.41) is 21.3. The molecule has 0 amide bonds. The maximum absolute atomic E-state index is 10.3. The van der Waals surface area contributed by atoms with Gasteiger partial charge in [0.2, 0.25) is 0 Å². The van der Waals surface area contributed by atoms with E-state index in [0.29, 0.717) is 0 Å². The van der Waals surface area contributed by atoms with Crippen LogP contribution in [0, 0.1) is 26.4 Å². The minimum Gasteiger partial charge on any atom is -0.258 e. The van der Waals surface area contributed by atoms with Gasteiger partial charge in [-0.05, 0) is 11.2 Å². The highest BCUT2D eigenvalue weighted by Gasteiger charge is 2.09. The molecule has 13 heavy (non-hydrogen) atoms. The second-order valence-corrected chi connectivity index (χ2v) is 2.20. The van der Waals surface area contributed by atoms with Gasteiger partial charge in [0.15, 0.2) is 0 Å². The number of nitro benzene ring substituents is 1. The Morgan fingerprint density at radius 2 is 2.15 bits per heavy atom. The van der Waals surface area contributed by atoms with Gasteiger partial charge in [0, 0.05) is 12.1 Å². The van der Waals surface area contributed by atoms with Crippen LogP contribution in [-0.2, 0) is 0 Å². The highest BCUT2D eigenvalue weighted by atomic mass is 16.6. The van der Waals surface area contributed by atoms with E-state index in [1.165, 1.54) is 6.07 Å². The molecule has 0 saturated heterocycles. The van der Waals surface area contributed by atoms with Crippen molar-refractivity contribution in [2.75, 3.05) is 0 Å². The highest BCUT2D eigenvalue weighted by molar-refractivity contribution is 5.53. The zero-order chi connectivity index (χ0) is 9.84. The molecule has 0 fully saturated rings. The van der Waals surface area contributed by atoms with Crippen LogP contribution in [0.15, 0.2) is 23.4 Å². The number of nitrogens with zero attached hydrogens (tertiary/aromatic N) is 3. The van der Waals surface area contributed by atoms with Crippen molar-refractivity contribution >= 4 is 11.4 Å². The van der Waals surface area contributed by atoms with Crippen molar-refractivity contribution in [1.29, 1.82) is 5.26 Å². The Hall–Kier alpha value is -2.29. The maximum atomic E-state index is 10.3. The Kier molecular flexibility index (Phi) is 2.31. The number of nitroso groups, excluding NO2 is 1. The Balaban J connectivity index is 3.32. The molecule has 1 aromatic carbocycles. The van der Waals surface area contributed by atoms with E-state index in [1.54, 1.807) is 6.07 Å². The monoisotopic (exact) mass is 177 g/mol. The van der Waals surface area contributed by atoms with Gasteiger partial charge in [0.05, 0.1) is 16.6 Å². The van der Waals surface area contributed by atoms with E-state index in [2.05, 4.69) is 5.18 Å². The molecule has 0 unspecified atom stereocenters. The molecule has 0 heterocycles. The number of rotatable bonds is 2. The topological polar surface area (TPSA) is 96.4 Å². The van der Waals surface area contributed by atoms with Crippen LogP contribution in [0.25, 0.3) is 0 Å². The minimum atomic E-state index is -0.685. The molecule has 1 aromatic rings. The minimum absolute atomic E-state index is 0.0452. The summed E-state index contributed by atoms with van der Waals surface area (Å²) in [4.78, 5) is 19.7. The van der Waals surface area contributed by atoms with Crippen molar-refractivity contribution in [1.82, 2.24) is 0 Å². The first-order chi connectivity index (χ1) is 6.17. The molecule has 0 aliphatic rings. The highest BCUT2D eigenvalue weighted by Crippen LogP contribution is 2.22. The standard InChI is InChI=1S/C7H3N3O3/c8-4-5-1-6(9-11)3-7(2-5)10(12)13/h1-3H. The van der Waals surface area contributed by atoms with E-state index in [-0.39, 0.29) is 16.9 Å². The number of benzene rings is 1. The summed E-state index contributed by atoms with van der Waals surface area (Å²) in [6.45, 7) is 0. The summed E-state index contributed by atoms with van der Waals surface area (Å²) in [5.74, 6) is 0. The summed E-state index contributed by atoms with van der Waals surface area (Å²) >= 11 is 0. The molecule has 6 nitrogen and oxygen atoms in total. The molecule has 6 heteroatoms. The number of hydrogen-bond donors (Lipinski definition) is 0. The van der Waals surface area contributed by atoms with Gasteiger partial charge < -0.3 is 0 Å². The Bertz CT molecular complexity index is 408. The summed E-state index contributed by atoms with van der Waals surface area (Å²) < 4.78 is 0. The van der Waals surface area contributed by atoms with Crippen LogP contribution >= 0.6 is 0 Å². The summed E-state index contributed by atoms with van der Waals surface area (Å²) in [7, 11) is 0. The van der Waals surface area contributed by atoms with Gasteiger partial charge in [-0.15, -0.1) is 4.91 Å². The van der Waals surface area contributed by atoms with Crippen LogP contribution < -0.4 is 0 Å². The third-order valence-corrected chi connectivity index (χ3v) is 1.35. The van der Waals surface area contributed by atoms with Gasteiger partial charge in [-0.25, -0.2) is 0 Å². The van der Waals surface area contributed by atoms with E-state index in [1.807, 2.05) is 0 Å². The largest absolute Gasteiger partial charge is 0.273 e. The molecule has 0 aromatic heterocycles. The lowest BCUT2D eigenvalue weighted by Gasteiger charge is -1.92. The van der Waals surface area contributed by atoms with Crippen LogP contribution in [0.4, 0.5) is 11.4 Å². The second kappa shape index (κ2) is 3.40. The summed E-state index contributed by atoms with van der Waals surface area (Å²) in [5.41, 5.74) is -0.386. The second-order valence-electron chi connectivity index (χ2n) is 2.20. The van der Waals surface area contributed by atoms with Crippen molar-refractivity contribution in [2.45, 2.75) is 0 Å². The van der Waals surface area contributed by atoms with Crippen molar-refractivity contribution in [3.05, 3.63) is 38.8 Å². The van der Waals surface area contributed by atoms with Crippen LogP contribution in [0.1, 0.15) is 5.56 Å². The number of nitriles is 1. The molecule has 0 atom stereocenters. The van der Waals surface area contributed by atoms with E-state index >= 15 is 0 Å². The molecule has 0 aliphatic heterocycles. The first-order valence-electron chi connectivity index (χ1n) is 3.20. The zero-order valence-corrected chi connectivity index (χ0v) is 6.30. The van der Waals surface area contributed by atoms with E-state index in [9.17, 15) is 15.0 Å². The van der Waals surface area contributed by atoms with Gasteiger partial charge in [-0.3, -0.25) is 10.1 Å². The van der Waals surface area contributed by atoms with Crippen molar-refractivity contribution in [2.24, 2.45) is 5.18 Å². The molecule has 0 N–H and O–H groups in total. The molecular weight excluding hydrogens is 174 g/mol. The lowest BCUT2D eigenvalue weighted by molar-refractivity contribution is -0.384. The third kappa shape index (κ3) is 1.84. The fourth-order valence-electron chi connectivity index (χ4n) is 0.818. The predicted molar refractivity (Wildman–Crippen MR) is 43.3 cm³/mol. The summed E-state index contributed by atoms with van der Waals surface area (Å²) in [6, 6.07) is 4.96. The van der Waals surface area contributed by atoms with E-state index < -0.39 is 4.92 Å². The van der Waals surface area contributed by atoms with E-state index in [4.69, 9.17) is 5.26 Å². The number of hydrogen-bond acceptors (Lipinski definition) is 5. The van der Waals surface area contributed by atoms with Crippen LogP contribution in [0.2, 0.25) is 0 Å². The molecule has 0 radical (unpaired) electrons. The fourth-order valence-corrected chi connectivity index (χ4v) is 0.818. The number of nitro groups is 1. The normalized spacial score (nSPS) is 8.85. The third-order valence-electron chi connectivity index (χ3n) is 1.35. The van der Waals surface area contributed by atoms with E-state index in [0.717, 1.165) is 12.1 Å². The Morgan fingerprint density at radius 3 is 2.62 bits per heavy atom. The first-order valence-corrected chi connectivity index (χ1v) is 3.20. The Labute approximate surface area is 72.5 Å². The average molecular weight is 177 g/mol. The number of non-ortho nitro benzene ring substituents is 1. The van der Waals surface area contributed by atoms with Gasteiger partial charge >= 0.3 is 0 Å². The summed E-state index contributed by atoms with van der Waals surface area (Å²) in [6.07, 6.45) is 0. The molecular formula is C7H3N3O3. The van der Waals surface area contributed by atoms with Crippen LogP contribution in [0.5, 0.6) is 0 Å². The molecule has 1 rings (SSSR count). The van der Waals surface area contributed by atoms with Gasteiger partial charge in [0.1, 0.15) is 5.69 Å². The molecule has 0 spiro atoms. The van der Waals surface area contributed by atoms with Crippen molar-refractivity contribution in [3.8, 4) is 6.07 Å². The van der Waals surface area contributed by atoms with Gasteiger partial charge in [-0.1, -0.05) is 0 Å². The van der Waals surface area contributed by atoms with Gasteiger partial charge in [0.25, 0.3) is 5.69 Å². The van der Waals surface area contributed by atoms with Gasteiger partial charge in [-0.2, -0.15) is 5.26 Å². The smallest absolute Gasteiger partial charge is 0.258 e. The Morgan fingerprint density at radius 1 is 1.46 bits per heavy atom. The average Bonchev–Trinajstić information content (AvgIpc) is 2.16. The van der Waals surface area contributed by atoms with Crippen molar-refractivity contribution in [3.63, 3.8) is 0 Å². The van der Waals surface area contributed by atoms with Crippen LogP contribution in [-0.4, -0.2) is 4.92 Å². The first kappa shape index (κ1) is 8.80. The van der Waals surface area contributed by atoms with Crippen LogP contribution in [0.3, 0.4) is 0 Å². The quantitative estimate of drug-likeness (QED) is 0.391. The lowest BCUT2D eigenvalue weighted by Crippen LogP contribution is -1.88. The fraction of sp³-hybridized carbons (Fsp3) is 0. The van der Waals surface area contributed by atoms with Crippen molar-refractivity contribution < 1.29 is 4.92 Å². The molecule has 0 saturated carbocycles. The maximum Gasteiger partial charge on any atom is 0.273 e. The zero-order valence-electron chi connectivity index (χ0n) is 6.30. The molecule has 0 bridgehead atoms.